The van der Waals surface area contributed by atoms with Crippen LogP contribution in [0.25, 0.3) is 5.65 Å². The number of rotatable bonds is 4. The second kappa shape index (κ2) is 7.78. The molecule has 0 unspecified atom stereocenters. The van der Waals surface area contributed by atoms with Gasteiger partial charge in [-0.1, -0.05) is 17.7 Å². The molecule has 0 bridgehead atoms. The molecule has 0 aromatic carbocycles. The lowest BCUT2D eigenvalue weighted by Gasteiger charge is -2.12. The standard InChI is InChI=1S/C16H15ClF3N7/c1-21-15(23-7-11-4-2-3-5-22-11)24-8-13-25-26-14-12(17)6-10(9-27(13)14)16(18,19)20/h2-6,9H,7-8H2,1H3,(H2,21,23,24). The minimum atomic E-state index is -4.52. The fourth-order valence-corrected chi connectivity index (χ4v) is 2.58. The van der Waals surface area contributed by atoms with E-state index in [-0.39, 0.29) is 23.0 Å². The maximum atomic E-state index is 13.0. The highest BCUT2D eigenvalue weighted by molar-refractivity contribution is 6.33. The second-order valence-corrected chi connectivity index (χ2v) is 5.89. The molecule has 0 spiro atoms. The summed E-state index contributed by atoms with van der Waals surface area (Å²) in [5.74, 6) is 0.703. The molecule has 27 heavy (non-hydrogen) atoms. The summed E-state index contributed by atoms with van der Waals surface area (Å²) in [4.78, 5) is 8.25. The largest absolute Gasteiger partial charge is 0.417 e. The number of halogens is 4. The van der Waals surface area contributed by atoms with Crippen LogP contribution in [-0.4, -0.2) is 32.6 Å². The first-order valence-corrected chi connectivity index (χ1v) is 8.21. The van der Waals surface area contributed by atoms with Crippen LogP contribution in [0.1, 0.15) is 17.1 Å². The number of hydrogen-bond donors (Lipinski definition) is 2. The average Bonchev–Trinajstić information content (AvgIpc) is 3.06. The van der Waals surface area contributed by atoms with Crippen molar-refractivity contribution in [3.8, 4) is 0 Å². The summed E-state index contributed by atoms with van der Waals surface area (Å²) in [5, 5.41) is 13.7. The van der Waals surface area contributed by atoms with Crippen molar-refractivity contribution in [2.24, 2.45) is 4.99 Å². The van der Waals surface area contributed by atoms with Crippen LogP contribution in [0.3, 0.4) is 0 Å². The van der Waals surface area contributed by atoms with Gasteiger partial charge in [-0.05, 0) is 18.2 Å². The van der Waals surface area contributed by atoms with Gasteiger partial charge in [0.25, 0.3) is 0 Å². The number of alkyl halides is 3. The average molecular weight is 398 g/mol. The molecular weight excluding hydrogens is 383 g/mol. The van der Waals surface area contributed by atoms with Crippen LogP contribution in [0.2, 0.25) is 5.02 Å². The molecule has 0 fully saturated rings. The zero-order valence-electron chi connectivity index (χ0n) is 14.1. The third-order valence-corrected chi connectivity index (χ3v) is 3.94. The molecule has 7 nitrogen and oxygen atoms in total. The molecule has 3 aromatic heterocycles. The monoisotopic (exact) mass is 397 g/mol. The first kappa shape index (κ1) is 18.9. The van der Waals surface area contributed by atoms with Gasteiger partial charge in [-0.3, -0.25) is 14.4 Å². The number of guanidine groups is 1. The SMILES string of the molecule is CN=C(NCc1ccccn1)NCc1nnc2c(Cl)cc(C(F)(F)F)cn12. The zero-order valence-corrected chi connectivity index (χ0v) is 14.9. The van der Waals surface area contributed by atoms with E-state index in [1.54, 1.807) is 13.2 Å². The quantitative estimate of drug-likeness (QED) is 0.522. The van der Waals surface area contributed by atoms with Crippen molar-refractivity contribution in [3.63, 3.8) is 0 Å². The van der Waals surface area contributed by atoms with Gasteiger partial charge in [0, 0.05) is 19.4 Å². The summed E-state index contributed by atoms with van der Waals surface area (Å²) in [5.41, 5.74) is 0.0894. The molecule has 0 atom stereocenters. The molecule has 0 radical (unpaired) electrons. The number of hydrogen-bond acceptors (Lipinski definition) is 4. The number of aromatic nitrogens is 4. The van der Waals surface area contributed by atoms with Crippen molar-refractivity contribution < 1.29 is 13.2 Å². The lowest BCUT2D eigenvalue weighted by molar-refractivity contribution is -0.137. The van der Waals surface area contributed by atoms with Gasteiger partial charge >= 0.3 is 6.18 Å². The molecule has 0 saturated heterocycles. The van der Waals surface area contributed by atoms with Gasteiger partial charge in [-0.15, -0.1) is 10.2 Å². The molecule has 11 heteroatoms. The molecule has 0 aliphatic heterocycles. The highest BCUT2D eigenvalue weighted by atomic mass is 35.5. The number of fused-ring (bicyclic) bond motifs is 1. The van der Waals surface area contributed by atoms with Crippen LogP contribution in [0.4, 0.5) is 13.2 Å². The van der Waals surface area contributed by atoms with Crippen molar-refractivity contribution >= 4 is 23.2 Å². The van der Waals surface area contributed by atoms with Crippen molar-refractivity contribution in [1.82, 2.24) is 30.2 Å². The van der Waals surface area contributed by atoms with Crippen LogP contribution in [0.5, 0.6) is 0 Å². The molecule has 3 aromatic rings. The van der Waals surface area contributed by atoms with Crippen LogP contribution >= 0.6 is 11.6 Å². The number of nitrogens with zero attached hydrogens (tertiary/aromatic N) is 5. The van der Waals surface area contributed by atoms with Crippen LogP contribution in [0.15, 0.2) is 41.7 Å². The van der Waals surface area contributed by atoms with E-state index in [1.807, 2.05) is 18.2 Å². The Morgan fingerprint density at radius 3 is 2.67 bits per heavy atom. The predicted octanol–water partition coefficient (Wildman–Crippen LogP) is 2.66. The fourth-order valence-electron chi connectivity index (χ4n) is 2.34. The lowest BCUT2D eigenvalue weighted by Crippen LogP contribution is -2.37. The van der Waals surface area contributed by atoms with E-state index in [4.69, 9.17) is 11.6 Å². The van der Waals surface area contributed by atoms with E-state index in [2.05, 4.69) is 30.8 Å². The van der Waals surface area contributed by atoms with E-state index in [9.17, 15) is 13.2 Å². The third-order valence-electron chi connectivity index (χ3n) is 3.66. The minimum absolute atomic E-state index is 0.0979. The molecule has 2 N–H and O–H groups in total. The topological polar surface area (TPSA) is 79.5 Å². The maximum Gasteiger partial charge on any atom is 0.417 e. The molecule has 0 aliphatic rings. The summed E-state index contributed by atoms with van der Waals surface area (Å²) >= 11 is 5.90. The van der Waals surface area contributed by atoms with Gasteiger partial charge in [-0.2, -0.15) is 13.2 Å². The normalized spacial score (nSPS) is 12.4. The number of pyridine rings is 2. The summed E-state index contributed by atoms with van der Waals surface area (Å²) < 4.78 is 40.2. The van der Waals surface area contributed by atoms with Gasteiger partial charge in [0.05, 0.1) is 29.4 Å². The van der Waals surface area contributed by atoms with Gasteiger partial charge in [0.1, 0.15) is 0 Å². The Morgan fingerprint density at radius 2 is 2.00 bits per heavy atom. The molecular formula is C16H15ClF3N7. The van der Waals surface area contributed by atoms with Gasteiger partial charge < -0.3 is 10.6 Å². The zero-order chi connectivity index (χ0) is 19.4. The van der Waals surface area contributed by atoms with E-state index >= 15 is 0 Å². The lowest BCUT2D eigenvalue weighted by atomic mass is 10.3. The van der Waals surface area contributed by atoms with Crippen molar-refractivity contribution in [3.05, 3.63) is 58.8 Å². The van der Waals surface area contributed by atoms with E-state index < -0.39 is 11.7 Å². The number of aliphatic imine (C=N–C) groups is 1. The first-order chi connectivity index (χ1) is 12.9. The van der Waals surface area contributed by atoms with Crippen molar-refractivity contribution in [2.75, 3.05) is 7.05 Å². The Morgan fingerprint density at radius 1 is 1.22 bits per heavy atom. The third kappa shape index (κ3) is 4.45. The van der Waals surface area contributed by atoms with Crippen LogP contribution < -0.4 is 10.6 Å². The molecule has 3 rings (SSSR count). The van der Waals surface area contributed by atoms with E-state index in [0.717, 1.165) is 18.0 Å². The molecule has 0 saturated carbocycles. The molecule has 0 amide bonds. The smallest absolute Gasteiger partial charge is 0.351 e. The summed E-state index contributed by atoms with van der Waals surface area (Å²) in [6, 6.07) is 6.36. The number of nitrogens with one attached hydrogen (secondary N) is 2. The maximum absolute atomic E-state index is 13.0. The summed E-state index contributed by atoms with van der Waals surface area (Å²) in [6.45, 7) is 0.534. The Hall–Kier alpha value is -2.88. The highest BCUT2D eigenvalue weighted by Crippen LogP contribution is 2.32. The van der Waals surface area contributed by atoms with E-state index in [1.165, 1.54) is 4.40 Å². The summed E-state index contributed by atoms with van der Waals surface area (Å²) in [7, 11) is 1.58. The Bertz CT molecular complexity index is 954. The van der Waals surface area contributed by atoms with Crippen LogP contribution in [-0.2, 0) is 19.3 Å². The van der Waals surface area contributed by atoms with Gasteiger partial charge in [0.2, 0.25) is 0 Å². The van der Waals surface area contributed by atoms with Crippen molar-refractivity contribution in [2.45, 2.75) is 19.3 Å². The fraction of sp³-hybridized carbons (Fsp3) is 0.250. The minimum Gasteiger partial charge on any atom is -0.351 e. The Kier molecular flexibility index (Phi) is 5.45. The predicted molar refractivity (Wildman–Crippen MR) is 94.3 cm³/mol. The first-order valence-electron chi connectivity index (χ1n) is 7.83. The summed E-state index contributed by atoms with van der Waals surface area (Å²) in [6.07, 6.45) is -1.92. The Balaban J connectivity index is 1.73. The molecule has 142 valence electrons. The molecule has 3 heterocycles. The van der Waals surface area contributed by atoms with Crippen molar-refractivity contribution in [1.29, 1.82) is 0 Å². The van der Waals surface area contributed by atoms with Gasteiger partial charge in [-0.25, -0.2) is 0 Å². The second-order valence-electron chi connectivity index (χ2n) is 5.48. The van der Waals surface area contributed by atoms with Gasteiger partial charge in [0.15, 0.2) is 17.4 Å². The highest BCUT2D eigenvalue weighted by Gasteiger charge is 2.32. The Labute approximate surface area is 157 Å². The van der Waals surface area contributed by atoms with E-state index in [0.29, 0.717) is 12.5 Å². The van der Waals surface area contributed by atoms with Crippen LogP contribution in [0, 0.1) is 0 Å². The molecule has 0 aliphatic carbocycles.